The van der Waals surface area contributed by atoms with Crippen LogP contribution in [0, 0.1) is 5.92 Å². The Balaban J connectivity index is 1.84. The van der Waals surface area contributed by atoms with E-state index in [0.717, 1.165) is 31.7 Å². The minimum atomic E-state index is -0.189. The number of likely N-dealkylation sites (tertiary alicyclic amines) is 1. The molecule has 1 aromatic heterocycles. The average Bonchev–Trinajstić information content (AvgIpc) is 2.40. The van der Waals surface area contributed by atoms with Crippen LogP contribution in [0.25, 0.3) is 0 Å². The van der Waals surface area contributed by atoms with Crippen molar-refractivity contribution in [3.05, 3.63) is 34.2 Å². The Kier molecular flexibility index (Phi) is 3.14. The molecule has 0 aromatic carbocycles. The van der Waals surface area contributed by atoms with Gasteiger partial charge in [0.15, 0.2) is 0 Å². The second-order valence-corrected chi connectivity index (χ2v) is 5.47. The molecule has 1 fully saturated rings. The van der Waals surface area contributed by atoms with Gasteiger partial charge in [0.05, 0.1) is 13.7 Å². The van der Waals surface area contributed by atoms with Crippen molar-refractivity contribution in [1.29, 1.82) is 0 Å². The second kappa shape index (κ2) is 4.81. The van der Waals surface area contributed by atoms with Gasteiger partial charge in [0.25, 0.3) is 5.56 Å². The first-order valence-corrected chi connectivity index (χ1v) is 6.66. The zero-order chi connectivity index (χ0) is 13.4. The van der Waals surface area contributed by atoms with Crippen LogP contribution in [-0.2, 0) is 16.1 Å². The Morgan fingerprint density at radius 2 is 2.21 bits per heavy atom. The molecule has 102 valence electrons. The smallest absolute Gasteiger partial charge is 0.319 e. The van der Waals surface area contributed by atoms with Crippen molar-refractivity contribution in [1.82, 2.24) is 9.47 Å². The summed E-state index contributed by atoms with van der Waals surface area (Å²) in [4.78, 5) is 25.4. The largest absolute Gasteiger partial charge is 0.468 e. The van der Waals surface area contributed by atoms with Gasteiger partial charge in [0, 0.05) is 37.3 Å². The standard InChI is InChI=1S/C14H18N2O3/c1-19-14(18)9-15-6-10-5-11(8-15)12-3-2-4-13(17)16(12)7-10/h2-4,10-11H,5-9H2,1H3/t10-,11+/m0/s1. The van der Waals surface area contributed by atoms with Crippen molar-refractivity contribution in [2.75, 3.05) is 26.7 Å². The monoisotopic (exact) mass is 262 g/mol. The molecule has 1 aromatic rings. The van der Waals surface area contributed by atoms with Gasteiger partial charge in [-0.15, -0.1) is 0 Å². The summed E-state index contributed by atoms with van der Waals surface area (Å²) in [5.74, 6) is 0.618. The average molecular weight is 262 g/mol. The molecule has 2 aliphatic heterocycles. The van der Waals surface area contributed by atoms with E-state index < -0.39 is 0 Å². The fraction of sp³-hybridized carbons (Fsp3) is 0.571. The number of hydrogen-bond donors (Lipinski definition) is 0. The number of aromatic nitrogens is 1. The predicted molar refractivity (Wildman–Crippen MR) is 70.0 cm³/mol. The summed E-state index contributed by atoms with van der Waals surface area (Å²) in [5.41, 5.74) is 1.20. The zero-order valence-electron chi connectivity index (χ0n) is 11.0. The number of pyridine rings is 1. The van der Waals surface area contributed by atoms with E-state index in [1.807, 2.05) is 16.7 Å². The molecule has 1 saturated heterocycles. The molecule has 5 nitrogen and oxygen atoms in total. The quantitative estimate of drug-likeness (QED) is 0.726. The summed E-state index contributed by atoms with van der Waals surface area (Å²) in [6, 6.07) is 5.48. The molecule has 0 saturated carbocycles. The number of nitrogens with zero attached hydrogens (tertiary/aromatic N) is 2. The molecule has 2 bridgehead atoms. The molecule has 3 heterocycles. The van der Waals surface area contributed by atoms with Gasteiger partial charge in [-0.05, 0) is 18.4 Å². The first kappa shape index (κ1) is 12.4. The predicted octanol–water partition coefficient (Wildman–Crippen LogP) is 0.440. The van der Waals surface area contributed by atoms with Gasteiger partial charge in [-0.2, -0.15) is 0 Å². The molecular weight excluding hydrogens is 244 g/mol. The molecule has 2 aliphatic rings. The molecule has 0 unspecified atom stereocenters. The van der Waals surface area contributed by atoms with Crippen LogP contribution in [0.15, 0.2) is 23.0 Å². The topological polar surface area (TPSA) is 51.5 Å². The lowest BCUT2D eigenvalue weighted by Crippen LogP contribution is -2.48. The van der Waals surface area contributed by atoms with Gasteiger partial charge in [-0.1, -0.05) is 6.07 Å². The Morgan fingerprint density at radius 3 is 3.00 bits per heavy atom. The van der Waals surface area contributed by atoms with E-state index in [1.165, 1.54) is 7.11 Å². The van der Waals surface area contributed by atoms with Gasteiger partial charge in [0.1, 0.15) is 0 Å². The van der Waals surface area contributed by atoms with Gasteiger partial charge in [-0.25, -0.2) is 0 Å². The number of ether oxygens (including phenoxy) is 1. The van der Waals surface area contributed by atoms with Crippen LogP contribution in [-0.4, -0.2) is 42.2 Å². The highest BCUT2D eigenvalue weighted by Crippen LogP contribution is 2.34. The lowest BCUT2D eigenvalue weighted by Gasteiger charge is -2.42. The summed E-state index contributed by atoms with van der Waals surface area (Å²) < 4.78 is 6.63. The van der Waals surface area contributed by atoms with E-state index in [2.05, 4.69) is 4.90 Å². The van der Waals surface area contributed by atoms with Crippen LogP contribution in [0.3, 0.4) is 0 Å². The third-order valence-corrected chi connectivity index (χ3v) is 4.14. The molecule has 0 aliphatic carbocycles. The fourth-order valence-corrected chi connectivity index (χ4v) is 3.37. The number of fused-ring (bicyclic) bond motifs is 4. The van der Waals surface area contributed by atoms with Crippen molar-refractivity contribution in [2.24, 2.45) is 5.92 Å². The molecule has 19 heavy (non-hydrogen) atoms. The SMILES string of the molecule is COC(=O)CN1C[C@@H]2C[C@H](C1)c1cccc(=O)n1C2. The zero-order valence-corrected chi connectivity index (χ0v) is 11.0. The Labute approximate surface area is 111 Å². The molecule has 0 spiro atoms. The molecule has 0 radical (unpaired) electrons. The molecule has 3 rings (SSSR count). The maximum Gasteiger partial charge on any atom is 0.319 e. The number of piperidine rings is 1. The van der Waals surface area contributed by atoms with Crippen LogP contribution >= 0.6 is 0 Å². The number of methoxy groups -OCH3 is 1. The third-order valence-electron chi connectivity index (χ3n) is 4.14. The van der Waals surface area contributed by atoms with Gasteiger partial charge >= 0.3 is 5.97 Å². The van der Waals surface area contributed by atoms with Crippen LogP contribution in [0.5, 0.6) is 0 Å². The van der Waals surface area contributed by atoms with Crippen molar-refractivity contribution in [2.45, 2.75) is 18.9 Å². The number of rotatable bonds is 2. The van der Waals surface area contributed by atoms with Crippen LogP contribution in [0.2, 0.25) is 0 Å². The molecular formula is C14H18N2O3. The minimum absolute atomic E-state index is 0.0913. The number of carbonyl (C=O) groups excluding carboxylic acids is 1. The number of esters is 1. The van der Waals surface area contributed by atoms with E-state index in [-0.39, 0.29) is 11.5 Å². The summed E-state index contributed by atoms with van der Waals surface area (Å²) in [5, 5.41) is 0. The summed E-state index contributed by atoms with van der Waals surface area (Å²) in [6.07, 6.45) is 1.11. The van der Waals surface area contributed by atoms with Crippen molar-refractivity contribution in [3.8, 4) is 0 Å². The lowest BCUT2D eigenvalue weighted by molar-refractivity contribution is -0.142. The van der Waals surface area contributed by atoms with Gasteiger partial charge in [0.2, 0.25) is 0 Å². The van der Waals surface area contributed by atoms with Crippen LogP contribution < -0.4 is 5.56 Å². The molecule has 0 N–H and O–H groups in total. The Morgan fingerprint density at radius 1 is 1.37 bits per heavy atom. The maximum absolute atomic E-state index is 11.9. The van der Waals surface area contributed by atoms with E-state index in [1.54, 1.807) is 6.07 Å². The fourth-order valence-electron chi connectivity index (χ4n) is 3.37. The summed E-state index contributed by atoms with van der Waals surface area (Å²) in [7, 11) is 1.42. The summed E-state index contributed by atoms with van der Waals surface area (Å²) in [6.45, 7) is 2.81. The molecule has 0 amide bonds. The van der Waals surface area contributed by atoms with E-state index in [9.17, 15) is 9.59 Å². The van der Waals surface area contributed by atoms with E-state index in [0.29, 0.717) is 18.4 Å². The second-order valence-electron chi connectivity index (χ2n) is 5.47. The summed E-state index contributed by atoms with van der Waals surface area (Å²) >= 11 is 0. The Bertz CT molecular complexity index is 552. The molecule has 5 heteroatoms. The Hall–Kier alpha value is -1.62. The molecule has 2 atom stereocenters. The first-order chi connectivity index (χ1) is 9.17. The van der Waals surface area contributed by atoms with E-state index in [4.69, 9.17) is 4.74 Å². The highest BCUT2D eigenvalue weighted by Gasteiger charge is 2.34. The van der Waals surface area contributed by atoms with Crippen LogP contribution in [0.1, 0.15) is 18.0 Å². The van der Waals surface area contributed by atoms with Gasteiger partial charge in [-0.3, -0.25) is 14.5 Å². The number of hydrogen-bond acceptors (Lipinski definition) is 4. The van der Waals surface area contributed by atoms with Crippen molar-refractivity contribution >= 4 is 5.97 Å². The lowest BCUT2D eigenvalue weighted by atomic mass is 9.83. The normalized spacial score (nSPS) is 25.7. The van der Waals surface area contributed by atoms with Crippen LogP contribution in [0.4, 0.5) is 0 Å². The van der Waals surface area contributed by atoms with E-state index >= 15 is 0 Å². The third kappa shape index (κ3) is 2.30. The van der Waals surface area contributed by atoms with Crippen molar-refractivity contribution in [3.63, 3.8) is 0 Å². The first-order valence-electron chi connectivity index (χ1n) is 6.66. The van der Waals surface area contributed by atoms with Crippen molar-refractivity contribution < 1.29 is 9.53 Å². The minimum Gasteiger partial charge on any atom is -0.468 e. The maximum atomic E-state index is 11.9. The highest BCUT2D eigenvalue weighted by molar-refractivity contribution is 5.71. The van der Waals surface area contributed by atoms with Gasteiger partial charge < -0.3 is 9.30 Å². The number of carbonyl (C=O) groups is 1. The highest BCUT2D eigenvalue weighted by atomic mass is 16.5.